The van der Waals surface area contributed by atoms with E-state index in [9.17, 15) is 0 Å². The van der Waals surface area contributed by atoms with Gasteiger partial charge in [0.25, 0.3) is 0 Å². The lowest BCUT2D eigenvalue weighted by Crippen LogP contribution is -1.87. The summed E-state index contributed by atoms with van der Waals surface area (Å²) in [7, 11) is 0. The second-order valence-corrected chi connectivity index (χ2v) is 3.12. The molecule has 2 aromatic heterocycles. The molecular weight excluding hydrogens is 172 g/mol. The average molecular weight is 182 g/mol. The van der Waals surface area contributed by atoms with Crippen molar-refractivity contribution in [3.8, 4) is 11.8 Å². The Labute approximate surface area is 83.0 Å². The maximum atomic E-state index is 4.13. The predicted molar refractivity (Wildman–Crippen MR) is 56.8 cm³/mol. The first-order valence-corrected chi connectivity index (χ1v) is 4.44. The first-order chi connectivity index (χ1) is 6.83. The molecule has 0 amide bonds. The number of hydrogen-bond donors (Lipinski definition) is 0. The Morgan fingerprint density at radius 1 is 1.07 bits per heavy atom. The van der Waals surface area contributed by atoms with Crippen molar-refractivity contribution < 1.29 is 0 Å². The lowest BCUT2D eigenvalue weighted by molar-refractivity contribution is 1.27. The van der Waals surface area contributed by atoms with Crippen LogP contribution in [0.1, 0.15) is 18.1 Å². The largest absolute Gasteiger partial charge is 0.264 e. The first kappa shape index (κ1) is 8.71. The third-order valence-corrected chi connectivity index (χ3v) is 2.11. The number of aryl methyl sites for hydroxylation is 1. The molecule has 0 saturated heterocycles. The van der Waals surface area contributed by atoms with Gasteiger partial charge in [0.1, 0.15) is 0 Å². The minimum absolute atomic E-state index is 0.977. The van der Waals surface area contributed by atoms with E-state index in [-0.39, 0.29) is 0 Å². The Kier molecular flexibility index (Phi) is 2.16. The normalized spacial score (nSPS) is 9.57. The van der Waals surface area contributed by atoms with Crippen molar-refractivity contribution in [3.05, 3.63) is 35.9 Å². The quantitative estimate of drug-likeness (QED) is 0.584. The second kappa shape index (κ2) is 3.47. The molecule has 0 fully saturated rings. The Morgan fingerprint density at radius 3 is 2.50 bits per heavy atom. The van der Waals surface area contributed by atoms with Crippen LogP contribution in [-0.2, 0) is 0 Å². The van der Waals surface area contributed by atoms with Crippen molar-refractivity contribution in [2.45, 2.75) is 13.8 Å². The van der Waals surface area contributed by atoms with E-state index in [1.165, 1.54) is 0 Å². The number of hydrogen-bond acceptors (Lipinski definition) is 2. The molecule has 2 heterocycles. The molecule has 0 aliphatic rings. The van der Waals surface area contributed by atoms with Gasteiger partial charge in [-0.1, -0.05) is 5.92 Å². The second-order valence-electron chi connectivity index (χ2n) is 3.12. The van der Waals surface area contributed by atoms with Crippen molar-refractivity contribution in [1.82, 2.24) is 9.97 Å². The van der Waals surface area contributed by atoms with E-state index in [1.807, 2.05) is 32.4 Å². The first-order valence-electron chi connectivity index (χ1n) is 4.44. The number of nitrogens with zero attached hydrogens (tertiary/aromatic N) is 2. The van der Waals surface area contributed by atoms with Gasteiger partial charge < -0.3 is 0 Å². The zero-order valence-corrected chi connectivity index (χ0v) is 8.20. The summed E-state index contributed by atoms with van der Waals surface area (Å²) in [4.78, 5) is 8.26. The van der Waals surface area contributed by atoms with E-state index in [1.54, 1.807) is 6.20 Å². The Balaban J connectivity index is 2.88. The summed E-state index contributed by atoms with van der Waals surface area (Å²) in [6, 6.07) is 0. The molecule has 68 valence electrons. The molecule has 0 atom stereocenters. The number of pyridine rings is 2. The topological polar surface area (TPSA) is 25.8 Å². The molecule has 2 heteroatoms. The van der Waals surface area contributed by atoms with Gasteiger partial charge in [-0.15, -0.1) is 5.92 Å². The zero-order chi connectivity index (χ0) is 9.97. The molecule has 0 aliphatic heterocycles. The summed E-state index contributed by atoms with van der Waals surface area (Å²) < 4.78 is 0. The van der Waals surface area contributed by atoms with Gasteiger partial charge in [0.2, 0.25) is 0 Å². The summed E-state index contributed by atoms with van der Waals surface area (Å²) in [6.45, 7) is 3.87. The third-order valence-electron chi connectivity index (χ3n) is 2.11. The van der Waals surface area contributed by atoms with Crippen LogP contribution in [0.3, 0.4) is 0 Å². The molecule has 2 rings (SSSR count). The summed E-state index contributed by atoms with van der Waals surface area (Å²) in [5.41, 5.74) is 2.12. The average Bonchev–Trinajstić information content (AvgIpc) is 2.19. The van der Waals surface area contributed by atoms with Crippen molar-refractivity contribution in [1.29, 1.82) is 0 Å². The summed E-state index contributed by atoms with van der Waals surface area (Å²) in [5, 5.41) is 2.20. The predicted octanol–water partition coefficient (Wildman–Crippen LogP) is 2.31. The van der Waals surface area contributed by atoms with Crippen LogP contribution in [0.25, 0.3) is 10.8 Å². The Bertz CT molecular complexity index is 527. The van der Waals surface area contributed by atoms with E-state index in [4.69, 9.17) is 0 Å². The molecule has 0 saturated carbocycles. The zero-order valence-electron chi connectivity index (χ0n) is 8.20. The highest BCUT2D eigenvalue weighted by Gasteiger charge is 2.01. The fourth-order valence-corrected chi connectivity index (χ4v) is 1.54. The SMILES string of the molecule is CC#Cc1cncc2cncc(C)c12. The van der Waals surface area contributed by atoms with Crippen LogP contribution in [0.15, 0.2) is 24.8 Å². The molecule has 0 aromatic carbocycles. The minimum Gasteiger partial charge on any atom is -0.264 e. The van der Waals surface area contributed by atoms with Gasteiger partial charge in [-0.3, -0.25) is 9.97 Å². The van der Waals surface area contributed by atoms with Crippen LogP contribution >= 0.6 is 0 Å². The van der Waals surface area contributed by atoms with Gasteiger partial charge in [0.05, 0.1) is 5.56 Å². The highest BCUT2D eigenvalue weighted by molar-refractivity contribution is 5.89. The molecule has 0 radical (unpaired) electrons. The molecule has 0 bridgehead atoms. The van der Waals surface area contributed by atoms with Gasteiger partial charge in [-0.05, 0) is 19.4 Å². The smallest absolute Gasteiger partial charge is 0.0510 e. The molecule has 14 heavy (non-hydrogen) atoms. The molecule has 2 nitrogen and oxygen atoms in total. The van der Waals surface area contributed by atoms with Crippen molar-refractivity contribution in [2.75, 3.05) is 0 Å². The van der Waals surface area contributed by atoms with E-state index in [2.05, 4.69) is 21.8 Å². The van der Waals surface area contributed by atoms with E-state index >= 15 is 0 Å². The van der Waals surface area contributed by atoms with Crippen LogP contribution in [0, 0.1) is 18.8 Å². The standard InChI is InChI=1S/C12H10N2/c1-3-4-10-6-14-8-11-7-13-5-9(2)12(10)11/h5-8H,1-2H3. The Morgan fingerprint density at radius 2 is 1.79 bits per heavy atom. The van der Waals surface area contributed by atoms with Crippen molar-refractivity contribution >= 4 is 10.8 Å². The monoisotopic (exact) mass is 182 g/mol. The number of aromatic nitrogens is 2. The van der Waals surface area contributed by atoms with Crippen LogP contribution < -0.4 is 0 Å². The molecule has 0 spiro atoms. The van der Waals surface area contributed by atoms with Gasteiger partial charge >= 0.3 is 0 Å². The molecule has 0 N–H and O–H groups in total. The van der Waals surface area contributed by atoms with Crippen LogP contribution in [-0.4, -0.2) is 9.97 Å². The van der Waals surface area contributed by atoms with Crippen LogP contribution in [0.4, 0.5) is 0 Å². The molecular formula is C12H10N2. The minimum atomic E-state index is 0.977. The van der Waals surface area contributed by atoms with Crippen LogP contribution in [0.5, 0.6) is 0 Å². The number of rotatable bonds is 0. The van der Waals surface area contributed by atoms with E-state index in [0.29, 0.717) is 0 Å². The number of fused-ring (bicyclic) bond motifs is 1. The van der Waals surface area contributed by atoms with Gasteiger partial charge in [-0.2, -0.15) is 0 Å². The highest BCUT2D eigenvalue weighted by Crippen LogP contribution is 2.19. The highest BCUT2D eigenvalue weighted by atomic mass is 14.7. The third kappa shape index (κ3) is 1.33. The maximum absolute atomic E-state index is 4.13. The van der Waals surface area contributed by atoms with Crippen molar-refractivity contribution in [3.63, 3.8) is 0 Å². The fraction of sp³-hybridized carbons (Fsp3) is 0.167. The van der Waals surface area contributed by atoms with E-state index < -0.39 is 0 Å². The maximum Gasteiger partial charge on any atom is 0.0510 e. The van der Waals surface area contributed by atoms with Crippen molar-refractivity contribution in [2.24, 2.45) is 0 Å². The molecule has 2 aromatic rings. The lowest BCUT2D eigenvalue weighted by Gasteiger charge is -2.02. The summed E-state index contributed by atoms with van der Waals surface area (Å²) in [5.74, 6) is 5.94. The molecule has 0 unspecified atom stereocenters. The summed E-state index contributed by atoms with van der Waals surface area (Å²) >= 11 is 0. The fourth-order valence-electron chi connectivity index (χ4n) is 1.54. The summed E-state index contributed by atoms with van der Waals surface area (Å²) in [6.07, 6.45) is 7.28. The van der Waals surface area contributed by atoms with Crippen LogP contribution in [0.2, 0.25) is 0 Å². The van der Waals surface area contributed by atoms with Gasteiger partial charge in [-0.25, -0.2) is 0 Å². The molecule has 0 aliphatic carbocycles. The van der Waals surface area contributed by atoms with Gasteiger partial charge in [0.15, 0.2) is 0 Å². The van der Waals surface area contributed by atoms with Gasteiger partial charge in [0, 0.05) is 35.6 Å². The van der Waals surface area contributed by atoms with E-state index in [0.717, 1.165) is 21.9 Å². The lowest BCUT2D eigenvalue weighted by atomic mass is 10.1. The Hall–Kier alpha value is -1.88.